The van der Waals surface area contributed by atoms with Gasteiger partial charge in [-0.2, -0.15) is 0 Å². The van der Waals surface area contributed by atoms with E-state index >= 15 is 0 Å². The van der Waals surface area contributed by atoms with Gasteiger partial charge in [-0.25, -0.2) is 0 Å². The molecule has 0 fully saturated rings. The lowest BCUT2D eigenvalue weighted by Gasteiger charge is -2.10. The summed E-state index contributed by atoms with van der Waals surface area (Å²) in [6.07, 6.45) is 0. The highest BCUT2D eigenvalue weighted by Crippen LogP contribution is 2.35. The van der Waals surface area contributed by atoms with Crippen molar-refractivity contribution >= 4 is 116 Å². The Labute approximate surface area is 267 Å². The zero-order valence-corrected chi connectivity index (χ0v) is 25.9. The summed E-state index contributed by atoms with van der Waals surface area (Å²) in [5.41, 5.74) is 1.03. The van der Waals surface area contributed by atoms with E-state index in [0.29, 0.717) is 26.5 Å². The molecular weight excluding hydrogens is 685 g/mol. The van der Waals surface area contributed by atoms with E-state index < -0.39 is 11.8 Å². The summed E-state index contributed by atoms with van der Waals surface area (Å²) in [5.74, 6) is 5.61. The summed E-state index contributed by atoms with van der Waals surface area (Å²) in [7, 11) is 0. The molecule has 4 N–H and O–H groups in total. The molecule has 0 unspecified atom stereocenters. The van der Waals surface area contributed by atoms with Gasteiger partial charge < -0.3 is 10.6 Å². The first-order valence-electron chi connectivity index (χ1n) is 11.0. The highest BCUT2D eigenvalue weighted by molar-refractivity contribution is 7.99. The Morgan fingerprint density at radius 1 is 0.775 bits per heavy atom. The first kappa shape index (κ1) is 30.9. The molecule has 0 bridgehead atoms. The summed E-state index contributed by atoms with van der Waals surface area (Å²) in [6, 6.07) is 12.6. The molecular formula is C24H16Cl7N6O2S+. The van der Waals surface area contributed by atoms with Crippen molar-refractivity contribution < 1.29 is 14.3 Å². The summed E-state index contributed by atoms with van der Waals surface area (Å²) in [5, 5.41) is 11.9. The molecule has 4 aromatic rings. The van der Waals surface area contributed by atoms with Gasteiger partial charge in [-0.3, -0.25) is 15.4 Å². The fourth-order valence-corrected chi connectivity index (χ4v) is 6.17. The van der Waals surface area contributed by atoms with Crippen LogP contribution in [-0.2, 0) is 16.1 Å². The van der Waals surface area contributed by atoms with Crippen LogP contribution in [0.2, 0.25) is 35.2 Å². The van der Waals surface area contributed by atoms with Gasteiger partial charge in [0.25, 0.3) is 5.91 Å². The Balaban J connectivity index is 1.59. The number of nitrogens with one attached hydrogen (secondary N) is 2. The number of thioether (sulfide) groups is 1. The SMILES string of the molecule is N[n+]1c(-c2ccc(Cl)cc2)nn(CC(=O)Nc2c(Cl)cc(Cl)cc2Cl)c1SCC(=O)Nc1c(Cl)cc(Cl)cc1Cl. The minimum atomic E-state index is -0.511. The number of carbonyl (C=O) groups is 2. The normalized spacial score (nSPS) is 11.0. The second-order valence-corrected chi connectivity index (χ2v) is 11.9. The smallest absolute Gasteiger partial charge is 0.323 e. The quantitative estimate of drug-likeness (QED) is 0.100. The molecule has 40 heavy (non-hydrogen) atoms. The number of hydrogen-bond donors (Lipinski definition) is 3. The van der Waals surface area contributed by atoms with Crippen molar-refractivity contribution in [1.29, 1.82) is 0 Å². The lowest BCUT2D eigenvalue weighted by atomic mass is 10.2. The van der Waals surface area contributed by atoms with Gasteiger partial charge in [0.1, 0.15) is 0 Å². The van der Waals surface area contributed by atoms with Crippen molar-refractivity contribution in [2.75, 3.05) is 22.2 Å². The van der Waals surface area contributed by atoms with Crippen LogP contribution < -0.4 is 21.2 Å². The fourth-order valence-electron chi connectivity index (χ4n) is 3.41. The number of hydrogen-bond acceptors (Lipinski definition) is 5. The van der Waals surface area contributed by atoms with Gasteiger partial charge in [-0.15, -0.1) is 4.68 Å². The molecule has 8 nitrogen and oxygen atoms in total. The second-order valence-electron chi connectivity index (χ2n) is 8.01. The number of rotatable bonds is 8. The zero-order chi connectivity index (χ0) is 29.1. The van der Waals surface area contributed by atoms with Crippen molar-refractivity contribution in [3.8, 4) is 11.4 Å². The maximum Gasteiger partial charge on any atom is 0.331 e. The first-order valence-corrected chi connectivity index (χ1v) is 14.6. The predicted molar refractivity (Wildman–Crippen MR) is 164 cm³/mol. The Morgan fingerprint density at radius 2 is 1.25 bits per heavy atom. The third-order valence-electron chi connectivity index (χ3n) is 5.14. The van der Waals surface area contributed by atoms with Gasteiger partial charge in [0.15, 0.2) is 6.54 Å². The number of amides is 2. The minimum absolute atomic E-state index is 0.130. The van der Waals surface area contributed by atoms with Gasteiger partial charge in [0.05, 0.1) is 42.8 Å². The van der Waals surface area contributed by atoms with Crippen LogP contribution in [-0.4, -0.2) is 27.3 Å². The van der Waals surface area contributed by atoms with Crippen molar-refractivity contribution in [1.82, 2.24) is 9.78 Å². The number of halogens is 7. The van der Waals surface area contributed by atoms with Crippen LogP contribution in [0.3, 0.4) is 0 Å². The summed E-state index contributed by atoms with van der Waals surface area (Å²) < 4.78 is 2.61. The fraction of sp³-hybridized carbons (Fsp3) is 0.0833. The van der Waals surface area contributed by atoms with E-state index in [1.807, 2.05) is 0 Å². The maximum absolute atomic E-state index is 13.0. The molecule has 208 valence electrons. The van der Waals surface area contributed by atoms with Crippen molar-refractivity contribution in [3.05, 3.63) is 83.7 Å². The number of nitrogens with zero attached hydrogens (tertiary/aromatic N) is 3. The standard InChI is InChI=1S/C24H15Cl7N6O2S/c25-12-3-1-11(2-4-12)23-35-36(9-19(38)33-21-15(28)5-13(26)6-16(21)29)24(37(23)32)40-10-20(39)34-22-17(30)7-14(27)8-18(22)31/h1-8H,9-10,32H2,(H-,33,34,38,39)/p+1. The van der Waals surface area contributed by atoms with Crippen LogP contribution in [0.1, 0.15) is 0 Å². The topological polar surface area (TPSA) is 106 Å². The number of anilines is 2. The molecule has 1 aromatic heterocycles. The molecule has 0 aliphatic rings. The maximum atomic E-state index is 13.0. The Hall–Kier alpha value is -2.08. The van der Waals surface area contributed by atoms with Crippen LogP contribution in [0, 0.1) is 0 Å². The molecule has 3 aromatic carbocycles. The Kier molecular flexibility index (Phi) is 10.2. The average Bonchev–Trinajstić information content (AvgIpc) is 3.17. The van der Waals surface area contributed by atoms with Crippen LogP contribution >= 0.6 is 93.0 Å². The van der Waals surface area contributed by atoms with E-state index in [0.717, 1.165) is 11.8 Å². The van der Waals surface area contributed by atoms with E-state index in [1.54, 1.807) is 24.3 Å². The summed E-state index contributed by atoms with van der Waals surface area (Å²) in [6.45, 7) is -0.293. The molecule has 1 heterocycles. The van der Waals surface area contributed by atoms with E-state index in [9.17, 15) is 9.59 Å². The van der Waals surface area contributed by atoms with E-state index in [4.69, 9.17) is 87.0 Å². The van der Waals surface area contributed by atoms with E-state index in [-0.39, 0.29) is 48.9 Å². The van der Waals surface area contributed by atoms with Crippen molar-refractivity contribution in [2.24, 2.45) is 0 Å². The second kappa shape index (κ2) is 13.3. The van der Waals surface area contributed by atoms with E-state index in [1.165, 1.54) is 33.6 Å². The number of nitrogen functional groups attached to an aromatic ring is 1. The zero-order valence-electron chi connectivity index (χ0n) is 19.8. The first-order chi connectivity index (χ1) is 18.9. The molecule has 4 rings (SSSR count). The third-order valence-corrected chi connectivity index (χ3v) is 8.09. The number of nitrogens with two attached hydrogens (primary N) is 1. The largest absolute Gasteiger partial charge is 0.331 e. The lowest BCUT2D eigenvalue weighted by molar-refractivity contribution is -0.668. The van der Waals surface area contributed by atoms with Gasteiger partial charge in [-0.1, -0.05) is 85.9 Å². The monoisotopic (exact) mass is 697 g/mol. The van der Waals surface area contributed by atoms with Crippen molar-refractivity contribution in [3.63, 3.8) is 0 Å². The van der Waals surface area contributed by atoms with Gasteiger partial charge >= 0.3 is 11.0 Å². The number of benzene rings is 3. The molecule has 0 saturated heterocycles. The average molecular weight is 701 g/mol. The number of aromatic nitrogens is 3. The summed E-state index contributed by atoms with van der Waals surface area (Å²) >= 11 is 43.7. The molecule has 16 heteroatoms. The minimum Gasteiger partial charge on any atom is -0.323 e. The molecule has 0 spiro atoms. The Bertz CT molecular complexity index is 1570. The molecule has 0 aliphatic heterocycles. The van der Waals surface area contributed by atoms with Crippen LogP contribution in [0.5, 0.6) is 0 Å². The van der Waals surface area contributed by atoms with Gasteiger partial charge in [0.2, 0.25) is 5.91 Å². The lowest BCUT2D eigenvalue weighted by Crippen LogP contribution is -2.47. The predicted octanol–water partition coefficient (Wildman–Crippen LogP) is 7.49. The molecule has 0 atom stereocenters. The van der Waals surface area contributed by atoms with E-state index in [2.05, 4.69) is 15.7 Å². The summed E-state index contributed by atoms with van der Waals surface area (Å²) in [4.78, 5) is 25.8. The van der Waals surface area contributed by atoms with Crippen LogP contribution in [0.25, 0.3) is 11.4 Å². The van der Waals surface area contributed by atoms with Crippen molar-refractivity contribution in [2.45, 2.75) is 11.7 Å². The third kappa shape index (κ3) is 7.40. The van der Waals surface area contributed by atoms with Crippen LogP contribution in [0.15, 0.2) is 53.7 Å². The highest BCUT2D eigenvalue weighted by atomic mass is 35.5. The molecule has 0 aliphatic carbocycles. The molecule has 2 amide bonds. The highest BCUT2D eigenvalue weighted by Gasteiger charge is 2.29. The van der Waals surface area contributed by atoms with Gasteiger partial charge in [0, 0.05) is 20.2 Å². The number of carbonyl (C=O) groups excluding carboxylic acids is 2. The Morgan fingerprint density at radius 3 is 1.75 bits per heavy atom. The van der Waals surface area contributed by atoms with Crippen LogP contribution in [0.4, 0.5) is 11.4 Å². The molecule has 0 saturated carbocycles. The molecule has 0 radical (unpaired) electrons. The van der Waals surface area contributed by atoms with Gasteiger partial charge in [-0.05, 0) is 60.3 Å².